The molecule has 0 radical (unpaired) electrons. The van der Waals surface area contributed by atoms with Crippen molar-refractivity contribution in [3.63, 3.8) is 0 Å². The van der Waals surface area contributed by atoms with Gasteiger partial charge in [0, 0.05) is 12.2 Å². The van der Waals surface area contributed by atoms with Gasteiger partial charge in [-0.1, -0.05) is 24.3 Å². The molecule has 0 spiro atoms. The minimum atomic E-state index is -0.495. The fraction of sp³-hybridized carbons (Fsp3) is 0.133. The van der Waals surface area contributed by atoms with Gasteiger partial charge in [-0.2, -0.15) is 0 Å². The first-order valence-electron chi connectivity index (χ1n) is 6.15. The molecule has 0 bridgehead atoms. The quantitative estimate of drug-likeness (QED) is 0.879. The van der Waals surface area contributed by atoms with E-state index in [1.165, 1.54) is 12.1 Å². The number of para-hydroxylation sites is 1. The third kappa shape index (κ3) is 3.80. The molecule has 5 heteroatoms. The lowest BCUT2D eigenvalue weighted by atomic mass is 10.2. The van der Waals surface area contributed by atoms with Crippen molar-refractivity contribution in [3.05, 3.63) is 59.9 Å². The standard InChI is InChI=1S/C15H15FN2O2/c16-13-6-1-2-7-14(13)20-10-15(19)18-12-5-3-4-11(8-12)9-17/h1-8H,9-10,17H2,(H,18,19). The number of anilines is 1. The minimum Gasteiger partial charge on any atom is -0.481 e. The van der Waals surface area contributed by atoms with E-state index in [4.69, 9.17) is 10.5 Å². The van der Waals surface area contributed by atoms with Crippen LogP contribution in [0.3, 0.4) is 0 Å². The molecular formula is C15H15FN2O2. The number of ether oxygens (including phenoxy) is 1. The van der Waals surface area contributed by atoms with E-state index in [2.05, 4.69) is 5.32 Å². The maximum atomic E-state index is 13.3. The molecule has 0 aliphatic carbocycles. The van der Waals surface area contributed by atoms with Crippen LogP contribution in [0.25, 0.3) is 0 Å². The Morgan fingerprint density at radius 3 is 2.75 bits per heavy atom. The second kappa shape index (κ2) is 6.68. The van der Waals surface area contributed by atoms with Crippen molar-refractivity contribution >= 4 is 11.6 Å². The van der Waals surface area contributed by atoms with Crippen LogP contribution in [0.4, 0.5) is 10.1 Å². The lowest BCUT2D eigenvalue weighted by Gasteiger charge is -2.08. The summed E-state index contributed by atoms with van der Waals surface area (Å²) in [6, 6.07) is 13.1. The predicted molar refractivity (Wildman–Crippen MR) is 74.9 cm³/mol. The Hall–Kier alpha value is -2.40. The Bertz CT molecular complexity index is 602. The Kier molecular flexibility index (Phi) is 4.68. The molecule has 0 saturated carbocycles. The van der Waals surface area contributed by atoms with Crippen LogP contribution in [0.15, 0.2) is 48.5 Å². The van der Waals surface area contributed by atoms with Crippen LogP contribution in [0.1, 0.15) is 5.56 Å². The Morgan fingerprint density at radius 1 is 1.20 bits per heavy atom. The maximum Gasteiger partial charge on any atom is 0.262 e. The van der Waals surface area contributed by atoms with Crippen molar-refractivity contribution in [3.8, 4) is 5.75 Å². The molecule has 0 heterocycles. The molecule has 0 aliphatic rings. The summed E-state index contributed by atoms with van der Waals surface area (Å²) in [5, 5.41) is 2.66. The van der Waals surface area contributed by atoms with Gasteiger partial charge in [-0.3, -0.25) is 4.79 Å². The second-order valence-electron chi connectivity index (χ2n) is 4.17. The number of carbonyl (C=O) groups is 1. The first kappa shape index (κ1) is 14.0. The summed E-state index contributed by atoms with van der Waals surface area (Å²) in [7, 11) is 0. The van der Waals surface area contributed by atoms with E-state index >= 15 is 0 Å². The van der Waals surface area contributed by atoms with Crippen LogP contribution in [-0.4, -0.2) is 12.5 Å². The molecule has 3 N–H and O–H groups in total. The van der Waals surface area contributed by atoms with Crippen molar-refractivity contribution in [2.45, 2.75) is 6.54 Å². The lowest BCUT2D eigenvalue weighted by molar-refractivity contribution is -0.118. The summed E-state index contributed by atoms with van der Waals surface area (Å²) in [6.07, 6.45) is 0. The van der Waals surface area contributed by atoms with Crippen molar-refractivity contribution < 1.29 is 13.9 Å². The molecule has 4 nitrogen and oxygen atoms in total. The molecule has 0 aromatic heterocycles. The van der Waals surface area contributed by atoms with Crippen LogP contribution < -0.4 is 15.8 Å². The number of benzene rings is 2. The highest BCUT2D eigenvalue weighted by Crippen LogP contribution is 2.15. The van der Waals surface area contributed by atoms with Crippen molar-refractivity contribution in [1.82, 2.24) is 0 Å². The van der Waals surface area contributed by atoms with E-state index in [1.807, 2.05) is 6.07 Å². The van der Waals surface area contributed by atoms with E-state index in [0.717, 1.165) is 5.56 Å². The molecule has 2 aromatic carbocycles. The van der Waals surface area contributed by atoms with Gasteiger partial charge in [0.2, 0.25) is 0 Å². The fourth-order valence-electron chi connectivity index (χ4n) is 1.68. The summed E-state index contributed by atoms with van der Waals surface area (Å²) in [6.45, 7) is 0.142. The number of halogens is 1. The summed E-state index contributed by atoms with van der Waals surface area (Å²) in [5.41, 5.74) is 7.07. The number of hydrogen-bond acceptors (Lipinski definition) is 3. The molecule has 0 aliphatic heterocycles. The highest BCUT2D eigenvalue weighted by Gasteiger charge is 2.06. The first-order valence-corrected chi connectivity index (χ1v) is 6.15. The van der Waals surface area contributed by atoms with Crippen LogP contribution in [0.2, 0.25) is 0 Å². The molecule has 0 fully saturated rings. The van der Waals surface area contributed by atoms with E-state index < -0.39 is 5.82 Å². The molecule has 0 unspecified atom stereocenters. The van der Waals surface area contributed by atoms with Crippen molar-refractivity contribution in [2.75, 3.05) is 11.9 Å². The van der Waals surface area contributed by atoms with Gasteiger partial charge >= 0.3 is 0 Å². The summed E-state index contributed by atoms with van der Waals surface area (Å²) >= 11 is 0. The SMILES string of the molecule is NCc1cccc(NC(=O)COc2ccccc2F)c1. The third-order valence-corrected chi connectivity index (χ3v) is 2.64. The van der Waals surface area contributed by atoms with Gasteiger partial charge in [-0.15, -0.1) is 0 Å². The van der Waals surface area contributed by atoms with Crippen LogP contribution in [-0.2, 0) is 11.3 Å². The van der Waals surface area contributed by atoms with E-state index in [9.17, 15) is 9.18 Å². The average Bonchev–Trinajstić information content (AvgIpc) is 2.46. The van der Waals surface area contributed by atoms with Gasteiger partial charge in [0.1, 0.15) is 0 Å². The van der Waals surface area contributed by atoms with E-state index in [1.54, 1.807) is 30.3 Å². The highest BCUT2D eigenvalue weighted by molar-refractivity contribution is 5.91. The average molecular weight is 274 g/mol. The molecule has 20 heavy (non-hydrogen) atoms. The molecule has 2 aromatic rings. The van der Waals surface area contributed by atoms with Gasteiger partial charge in [-0.25, -0.2) is 4.39 Å². The number of amides is 1. The van der Waals surface area contributed by atoms with Crippen LogP contribution >= 0.6 is 0 Å². The normalized spacial score (nSPS) is 10.1. The summed E-state index contributed by atoms with van der Waals surface area (Å²) in [4.78, 5) is 11.7. The molecular weight excluding hydrogens is 259 g/mol. The zero-order valence-electron chi connectivity index (χ0n) is 10.8. The van der Waals surface area contributed by atoms with Gasteiger partial charge in [0.05, 0.1) is 0 Å². The van der Waals surface area contributed by atoms with Crippen LogP contribution in [0, 0.1) is 5.82 Å². The molecule has 2 rings (SSSR count). The topological polar surface area (TPSA) is 64.3 Å². The fourth-order valence-corrected chi connectivity index (χ4v) is 1.68. The smallest absolute Gasteiger partial charge is 0.262 e. The monoisotopic (exact) mass is 274 g/mol. The zero-order chi connectivity index (χ0) is 14.4. The van der Waals surface area contributed by atoms with Crippen molar-refractivity contribution in [2.24, 2.45) is 5.73 Å². The minimum absolute atomic E-state index is 0.0540. The molecule has 0 atom stereocenters. The van der Waals surface area contributed by atoms with E-state index in [-0.39, 0.29) is 18.3 Å². The summed E-state index contributed by atoms with van der Waals surface area (Å²) in [5.74, 6) is -0.800. The zero-order valence-corrected chi connectivity index (χ0v) is 10.8. The highest BCUT2D eigenvalue weighted by atomic mass is 19.1. The molecule has 0 saturated heterocycles. The van der Waals surface area contributed by atoms with Gasteiger partial charge in [0.25, 0.3) is 5.91 Å². The van der Waals surface area contributed by atoms with Gasteiger partial charge in [-0.05, 0) is 29.8 Å². The molecule has 1 amide bonds. The number of rotatable bonds is 5. The number of carbonyl (C=O) groups excluding carboxylic acids is 1. The largest absolute Gasteiger partial charge is 0.481 e. The Morgan fingerprint density at radius 2 is 2.00 bits per heavy atom. The molecule has 104 valence electrons. The maximum absolute atomic E-state index is 13.3. The number of nitrogens with two attached hydrogens (primary N) is 1. The lowest BCUT2D eigenvalue weighted by Crippen LogP contribution is -2.20. The summed E-state index contributed by atoms with van der Waals surface area (Å²) < 4.78 is 18.4. The van der Waals surface area contributed by atoms with Gasteiger partial charge in [0.15, 0.2) is 18.2 Å². The first-order chi connectivity index (χ1) is 9.69. The van der Waals surface area contributed by atoms with E-state index in [0.29, 0.717) is 12.2 Å². The van der Waals surface area contributed by atoms with Crippen LogP contribution in [0.5, 0.6) is 5.75 Å². The second-order valence-corrected chi connectivity index (χ2v) is 4.17. The van der Waals surface area contributed by atoms with Gasteiger partial charge < -0.3 is 15.8 Å². The Labute approximate surface area is 116 Å². The third-order valence-electron chi connectivity index (χ3n) is 2.64. The Balaban J connectivity index is 1.91. The number of hydrogen-bond donors (Lipinski definition) is 2. The predicted octanol–water partition coefficient (Wildman–Crippen LogP) is 2.30. The van der Waals surface area contributed by atoms with Crippen molar-refractivity contribution in [1.29, 1.82) is 0 Å². The number of nitrogens with one attached hydrogen (secondary N) is 1.